The van der Waals surface area contributed by atoms with Crippen molar-refractivity contribution in [3.8, 4) is 11.5 Å². The maximum Gasteiger partial charge on any atom is 0.417 e. The number of halogens is 3. The van der Waals surface area contributed by atoms with Crippen LogP contribution in [0.1, 0.15) is 30.0 Å². The van der Waals surface area contributed by atoms with Gasteiger partial charge in [-0.3, -0.25) is 0 Å². The number of nitrogens with zero attached hydrogens (tertiary/aromatic N) is 1. The van der Waals surface area contributed by atoms with Gasteiger partial charge in [-0.05, 0) is 42.7 Å². The molecule has 4 rings (SSSR count). The lowest BCUT2D eigenvalue weighted by molar-refractivity contribution is -0.139. The molecule has 5 nitrogen and oxygen atoms in total. The monoisotopic (exact) mass is 413 g/mol. The maximum absolute atomic E-state index is 13.4. The molecule has 2 aromatic carbocycles. The standard InChI is InChI=1S/C19H18F3NO4S/c20-19(21,22)14-4-1-2-6-18(14)28(24,25)23-9-3-5-15(23)13-7-8-16-17(12-13)27-11-10-26-16/h1-2,4,6-8,12,15H,3,5,9-11H2. The van der Waals surface area contributed by atoms with Crippen molar-refractivity contribution in [1.82, 2.24) is 4.31 Å². The van der Waals surface area contributed by atoms with Crippen LogP contribution in [0.5, 0.6) is 11.5 Å². The fraction of sp³-hybridized carbons (Fsp3) is 0.368. The second kappa shape index (κ2) is 6.97. The van der Waals surface area contributed by atoms with Crippen molar-refractivity contribution in [2.45, 2.75) is 30.0 Å². The third-order valence-corrected chi connectivity index (χ3v) is 6.90. The van der Waals surface area contributed by atoms with Gasteiger partial charge in [0, 0.05) is 6.54 Å². The highest BCUT2D eigenvalue weighted by Gasteiger charge is 2.42. The molecule has 0 spiro atoms. The molecule has 2 aliphatic heterocycles. The Morgan fingerprint density at radius 2 is 1.71 bits per heavy atom. The van der Waals surface area contributed by atoms with Gasteiger partial charge in [-0.1, -0.05) is 18.2 Å². The van der Waals surface area contributed by atoms with E-state index in [2.05, 4.69) is 0 Å². The van der Waals surface area contributed by atoms with Crippen LogP contribution in [0.4, 0.5) is 13.2 Å². The van der Waals surface area contributed by atoms with Gasteiger partial charge in [-0.15, -0.1) is 0 Å². The van der Waals surface area contributed by atoms with Gasteiger partial charge in [-0.25, -0.2) is 8.42 Å². The predicted octanol–water partition coefficient (Wildman–Crippen LogP) is 4.00. The average Bonchev–Trinajstić information content (AvgIpc) is 3.18. The van der Waals surface area contributed by atoms with Crippen molar-refractivity contribution in [2.24, 2.45) is 0 Å². The minimum Gasteiger partial charge on any atom is -0.486 e. The van der Waals surface area contributed by atoms with E-state index in [0.29, 0.717) is 43.1 Å². The summed E-state index contributed by atoms with van der Waals surface area (Å²) in [5, 5.41) is 0. The van der Waals surface area contributed by atoms with Crippen LogP contribution >= 0.6 is 0 Å². The van der Waals surface area contributed by atoms with Crippen LogP contribution in [0.25, 0.3) is 0 Å². The molecule has 0 amide bonds. The van der Waals surface area contributed by atoms with Crippen molar-refractivity contribution in [2.75, 3.05) is 19.8 Å². The first-order valence-electron chi connectivity index (χ1n) is 8.86. The van der Waals surface area contributed by atoms with E-state index in [1.54, 1.807) is 18.2 Å². The highest BCUT2D eigenvalue weighted by molar-refractivity contribution is 7.89. The molecule has 0 aliphatic carbocycles. The van der Waals surface area contributed by atoms with Crippen molar-refractivity contribution in [3.05, 3.63) is 53.6 Å². The molecule has 2 heterocycles. The molecule has 1 unspecified atom stereocenters. The van der Waals surface area contributed by atoms with E-state index in [9.17, 15) is 21.6 Å². The van der Waals surface area contributed by atoms with Crippen molar-refractivity contribution in [3.63, 3.8) is 0 Å². The topological polar surface area (TPSA) is 55.8 Å². The number of ether oxygens (including phenoxy) is 2. The molecule has 0 saturated carbocycles. The molecule has 1 saturated heterocycles. The maximum atomic E-state index is 13.4. The molecule has 2 aliphatic rings. The smallest absolute Gasteiger partial charge is 0.417 e. The van der Waals surface area contributed by atoms with Gasteiger partial charge in [-0.2, -0.15) is 17.5 Å². The van der Waals surface area contributed by atoms with Gasteiger partial charge < -0.3 is 9.47 Å². The van der Waals surface area contributed by atoms with Crippen LogP contribution in [-0.4, -0.2) is 32.5 Å². The molecule has 0 aromatic heterocycles. The van der Waals surface area contributed by atoms with Crippen molar-refractivity contribution < 1.29 is 31.1 Å². The summed E-state index contributed by atoms with van der Waals surface area (Å²) in [7, 11) is -4.33. The van der Waals surface area contributed by atoms with E-state index in [4.69, 9.17) is 9.47 Å². The van der Waals surface area contributed by atoms with Crippen LogP contribution < -0.4 is 9.47 Å². The number of hydrogen-bond donors (Lipinski definition) is 0. The molecular weight excluding hydrogens is 395 g/mol. The fourth-order valence-corrected chi connectivity index (χ4v) is 5.58. The Labute approximate surface area is 160 Å². The summed E-state index contributed by atoms with van der Waals surface area (Å²) in [6.07, 6.45) is -3.67. The Hall–Kier alpha value is -2.26. The van der Waals surface area contributed by atoms with Crippen molar-refractivity contribution in [1.29, 1.82) is 0 Å². The third-order valence-electron chi connectivity index (χ3n) is 4.93. The minimum absolute atomic E-state index is 0.160. The summed E-state index contributed by atoms with van der Waals surface area (Å²) < 4.78 is 78.6. The lowest BCUT2D eigenvalue weighted by Crippen LogP contribution is -2.32. The van der Waals surface area contributed by atoms with E-state index >= 15 is 0 Å². The lowest BCUT2D eigenvalue weighted by Gasteiger charge is -2.27. The molecule has 9 heteroatoms. The molecule has 28 heavy (non-hydrogen) atoms. The van der Waals surface area contributed by atoms with Gasteiger partial charge in [0.15, 0.2) is 11.5 Å². The first-order chi connectivity index (χ1) is 13.3. The molecule has 0 bridgehead atoms. The second-order valence-corrected chi connectivity index (χ2v) is 8.53. The first-order valence-corrected chi connectivity index (χ1v) is 10.3. The summed E-state index contributed by atoms with van der Waals surface area (Å²) in [5.74, 6) is 1.09. The number of hydrogen-bond acceptors (Lipinski definition) is 4. The molecule has 150 valence electrons. The number of fused-ring (bicyclic) bond motifs is 1. The summed E-state index contributed by atoms with van der Waals surface area (Å²) in [5.41, 5.74) is -0.474. The summed E-state index contributed by atoms with van der Waals surface area (Å²) in [6.45, 7) is 0.986. The number of sulfonamides is 1. The molecule has 2 aromatic rings. The molecule has 1 fully saturated rings. The van der Waals surface area contributed by atoms with Gasteiger partial charge in [0.05, 0.1) is 16.5 Å². The summed E-state index contributed by atoms with van der Waals surface area (Å²) >= 11 is 0. The van der Waals surface area contributed by atoms with E-state index in [0.717, 1.165) is 16.4 Å². The first kappa shape index (κ1) is 19.1. The molecule has 0 radical (unpaired) electrons. The molecule has 0 N–H and O–H groups in total. The van der Waals surface area contributed by atoms with Crippen molar-refractivity contribution >= 4 is 10.0 Å². The number of rotatable bonds is 3. The highest BCUT2D eigenvalue weighted by atomic mass is 32.2. The Bertz CT molecular complexity index is 991. The summed E-state index contributed by atoms with van der Waals surface area (Å²) in [4.78, 5) is -0.716. The minimum atomic E-state index is -4.75. The van der Waals surface area contributed by atoms with Crippen LogP contribution in [0.2, 0.25) is 0 Å². The van der Waals surface area contributed by atoms with E-state index in [-0.39, 0.29) is 6.54 Å². The van der Waals surface area contributed by atoms with Crippen LogP contribution in [0.15, 0.2) is 47.4 Å². The Morgan fingerprint density at radius 3 is 2.46 bits per heavy atom. The van der Waals surface area contributed by atoms with Gasteiger partial charge in [0.1, 0.15) is 13.2 Å². The number of alkyl halides is 3. The third kappa shape index (κ3) is 3.33. The zero-order valence-corrected chi connectivity index (χ0v) is 15.6. The van der Waals surface area contributed by atoms with Gasteiger partial charge >= 0.3 is 6.18 Å². The van der Waals surface area contributed by atoms with E-state index in [1.165, 1.54) is 12.1 Å². The number of benzene rings is 2. The largest absolute Gasteiger partial charge is 0.486 e. The van der Waals surface area contributed by atoms with E-state index < -0.39 is 32.7 Å². The Morgan fingerprint density at radius 1 is 1.00 bits per heavy atom. The molecule has 1 atom stereocenters. The van der Waals surface area contributed by atoms with Crippen LogP contribution in [0.3, 0.4) is 0 Å². The van der Waals surface area contributed by atoms with Crippen LogP contribution in [-0.2, 0) is 16.2 Å². The van der Waals surface area contributed by atoms with E-state index in [1.807, 2.05) is 0 Å². The molecular formula is C19H18F3NO4S. The van der Waals surface area contributed by atoms with Gasteiger partial charge in [0.2, 0.25) is 10.0 Å². The summed E-state index contributed by atoms with van der Waals surface area (Å²) in [6, 6.07) is 8.89. The predicted molar refractivity (Wildman–Crippen MR) is 94.7 cm³/mol. The normalized spacial score (nSPS) is 20.3. The van der Waals surface area contributed by atoms with Gasteiger partial charge in [0.25, 0.3) is 0 Å². The zero-order valence-electron chi connectivity index (χ0n) is 14.8. The quantitative estimate of drug-likeness (QED) is 0.763. The SMILES string of the molecule is O=S(=O)(c1ccccc1C(F)(F)F)N1CCCC1c1ccc2c(c1)OCCO2. The fourth-order valence-electron chi connectivity index (χ4n) is 3.68. The second-order valence-electron chi connectivity index (χ2n) is 6.67. The Kier molecular flexibility index (Phi) is 4.75. The Balaban J connectivity index is 1.73. The zero-order chi connectivity index (χ0) is 19.9. The average molecular weight is 413 g/mol. The highest BCUT2D eigenvalue weighted by Crippen LogP contribution is 2.42. The van der Waals surface area contributed by atoms with Crippen LogP contribution in [0, 0.1) is 0 Å². The lowest BCUT2D eigenvalue weighted by atomic mass is 10.0.